The van der Waals surface area contributed by atoms with E-state index in [9.17, 15) is 9.90 Å². The zero-order valence-electron chi connectivity index (χ0n) is 8.32. The Kier molecular flexibility index (Phi) is 2.91. The lowest BCUT2D eigenvalue weighted by Crippen LogP contribution is -2.40. The molecule has 1 amide bonds. The topological polar surface area (TPSA) is 49.8 Å². The predicted octanol–water partition coefficient (Wildman–Crippen LogP) is 0.990. The molecule has 0 aromatic carbocycles. The number of rotatable bonds is 2. The Labute approximate surface area is 83.8 Å². The Bertz CT molecular complexity index is 219. The number of hydrogen-bond donors (Lipinski definition) is 1. The fourth-order valence-corrected chi connectivity index (χ4v) is 2.29. The summed E-state index contributed by atoms with van der Waals surface area (Å²) in [5.41, 5.74) is 0. The number of carbonyl (C=O) groups is 1. The number of carbonyl (C=O) groups excluding carboxylic acids is 1. The number of aliphatic hydroxyl groups excluding tert-OH is 1. The van der Waals surface area contributed by atoms with Crippen molar-refractivity contribution in [1.29, 1.82) is 0 Å². The molecule has 4 nitrogen and oxygen atoms in total. The molecule has 0 radical (unpaired) electrons. The molecule has 2 aliphatic rings. The van der Waals surface area contributed by atoms with E-state index < -0.39 is 0 Å². The Morgan fingerprint density at radius 2 is 2.36 bits per heavy atom. The molecular weight excluding hydrogens is 182 g/mol. The van der Waals surface area contributed by atoms with Gasteiger partial charge in [-0.05, 0) is 31.6 Å². The highest BCUT2D eigenvalue weighted by Gasteiger charge is 2.28. The zero-order valence-corrected chi connectivity index (χ0v) is 8.32. The summed E-state index contributed by atoms with van der Waals surface area (Å²) in [4.78, 5) is 13.1. The van der Waals surface area contributed by atoms with E-state index in [4.69, 9.17) is 4.74 Å². The summed E-state index contributed by atoms with van der Waals surface area (Å²) >= 11 is 0. The second-order valence-corrected chi connectivity index (χ2v) is 4.25. The molecule has 2 unspecified atom stereocenters. The van der Waals surface area contributed by atoms with Gasteiger partial charge in [0.05, 0.1) is 12.7 Å². The molecule has 4 heteroatoms. The molecule has 1 aliphatic carbocycles. The van der Waals surface area contributed by atoms with Gasteiger partial charge in [-0.1, -0.05) is 0 Å². The first-order valence-electron chi connectivity index (χ1n) is 5.35. The van der Waals surface area contributed by atoms with E-state index in [-0.39, 0.29) is 12.2 Å². The normalized spacial score (nSPS) is 33.2. The van der Waals surface area contributed by atoms with Gasteiger partial charge in [-0.15, -0.1) is 0 Å². The van der Waals surface area contributed by atoms with E-state index in [0.717, 1.165) is 38.8 Å². The minimum atomic E-state index is -0.183. The Balaban J connectivity index is 1.81. The third kappa shape index (κ3) is 2.18. The number of aliphatic hydroxyl groups is 1. The highest BCUT2D eigenvalue weighted by Crippen LogP contribution is 2.26. The van der Waals surface area contributed by atoms with Crippen LogP contribution < -0.4 is 0 Å². The van der Waals surface area contributed by atoms with Crippen molar-refractivity contribution in [2.24, 2.45) is 5.92 Å². The van der Waals surface area contributed by atoms with Gasteiger partial charge in [0.15, 0.2) is 0 Å². The van der Waals surface area contributed by atoms with Crippen molar-refractivity contribution >= 4 is 6.09 Å². The minimum absolute atomic E-state index is 0.152. The molecular formula is C10H17NO3. The van der Waals surface area contributed by atoms with Crippen molar-refractivity contribution in [1.82, 2.24) is 4.90 Å². The lowest BCUT2D eigenvalue weighted by Gasteiger charge is -2.28. The third-order valence-corrected chi connectivity index (χ3v) is 3.05. The maximum absolute atomic E-state index is 11.3. The Morgan fingerprint density at radius 1 is 1.50 bits per heavy atom. The van der Waals surface area contributed by atoms with Crippen LogP contribution in [0.4, 0.5) is 4.79 Å². The van der Waals surface area contributed by atoms with Gasteiger partial charge in [-0.25, -0.2) is 4.79 Å². The van der Waals surface area contributed by atoms with Crippen LogP contribution in [-0.4, -0.2) is 41.9 Å². The van der Waals surface area contributed by atoms with Crippen LogP contribution in [0.5, 0.6) is 0 Å². The van der Waals surface area contributed by atoms with E-state index in [1.54, 1.807) is 4.90 Å². The summed E-state index contributed by atoms with van der Waals surface area (Å²) in [5.74, 6) is 0.468. The van der Waals surface area contributed by atoms with E-state index in [1.807, 2.05) is 0 Å². The standard InChI is InChI=1S/C10H17NO3/c12-9-3-2-8(6-9)7-11-4-1-5-14-10(11)13/h8-9,12H,1-7H2. The minimum Gasteiger partial charge on any atom is -0.449 e. The first-order valence-corrected chi connectivity index (χ1v) is 5.35. The van der Waals surface area contributed by atoms with Crippen LogP contribution in [0.1, 0.15) is 25.7 Å². The summed E-state index contributed by atoms with van der Waals surface area (Å²) in [6.45, 7) is 2.13. The molecule has 0 bridgehead atoms. The molecule has 1 aliphatic heterocycles. The molecule has 2 rings (SSSR count). The largest absolute Gasteiger partial charge is 0.449 e. The maximum atomic E-state index is 11.3. The summed E-state index contributed by atoms with van der Waals surface area (Å²) in [6.07, 6.45) is 3.35. The lowest BCUT2D eigenvalue weighted by molar-refractivity contribution is 0.0655. The van der Waals surface area contributed by atoms with Crippen LogP contribution in [0, 0.1) is 5.92 Å². The predicted molar refractivity (Wildman–Crippen MR) is 50.9 cm³/mol. The van der Waals surface area contributed by atoms with Crippen LogP contribution >= 0.6 is 0 Å². The fourth-order valence-electron chi connectivity index (χ4n) is 2.29. The fraction of sp³-hybridized carbons (Fsp3) is 0.900. The second-order valence-electron chi connectivity index (χ2n) is 4.25. The molecule has 14 heavy (non-hydrogen) atoms. The molecule has 1 saturated heterocycles. The lowest BCUT2D eigenvalue weighted by atomic mass is 10.1. The molecule has 0 aromatic rings. The monoisotopic (exact) mass is 199 g/mol. The maximum Gasteiger partial charge on any atom is 0.409 e. The molecule has 2 atom stereocenters. The highest BCUT2D eigenvalue weighted by molar-refractivity contribution is 5.68. The quantitative estimate of drug-likeness (QED) is 0.721. The third-order valence-electron chi connectivity index (χ3n) is 3.05. The van der Waals surface area contributed by atoms with Gasteiger partial charge in [0.2, 0.25) is 0 Å². The Hall–Kier alpha value is -0.770. The van der Waals surface area contributed by atoms with Crippen LogP contribution in [0.2, 0.25) is 0 Å². The highest BCUT2D eigenvalue weighted by atomic mass is 16.6. The summed E-state index contributed by atoms with van der Waals surface area (Å²) in [5, 5.41) is 9.36. The number of nitrogens with zero attached hydrogens (tertiary/aromatic N) is 1. The average Bonchev–Trinajstić information content (AvgIpc) is 2.56. The van der Waals surface area contributed by atoms with Crippen LogP contribution in [0.3, 0.4) is 0 Å². The summed E-state index contributed by atoms with van der Waals surface area (Å²) in [6, 6.07) is 0. The van der Waals surface area contributed by atoms with E-state index in [2.05, 4.69) is 0 Å². The van der Waals surface area contributed by atoms with Gasteiger partial charge in [0, 0.05) is 13.1 Å². The number of amides is 1. The van der Waals surface area contributed by atoms with Gasteiger partial charge in [0.1, 0.15) is 0 Å². The van der Waals surface area contributed by atoms with Crippen molar-refractivity contribution in [3.05, 3.63) is 0 Å². The number of hydrogen-bond acceptors (Lipinski definition) is 3. The van der Waals surface area contributed by atoms with Gasteiger partial charge in [-0.3, -0.25) is 0 Å². The first kappa shape index (κ1) is 9.77. The molecule has 80 valence electrons. The van der Waals surface area contributed by atoms with Crippen molar-refractivity contribution in [3.8, 4) is 0 Å². The van der Waals surface area contributed by atoms with E-state index >= 15 is 0 Å². The summed E-state index contributed by atoms with van der Waals surface area (Å²) in [7, 11) is 0. The van der Waals surface area contributed by atoms with Crippen molar-refractivity contribution < 1.29 is 14.6 Å². The van der Waals surface area contributed by atoms with Crippen molar-refractivity contribution in [3.63, 3.8) is 0 Å². The molecule has 1 heterocycles. The first-order chi connectivity index (χ1) is 6.75. The molecule has 0 aromatic heterocycles. The molecule has 1 saturated carbocycles. The molecule has 2 fully saturated rings. The van der Waals surface area contributed by atoms with Crippen LogP contribution in [-0.2, 0) is 4.74 Å². The van der Waals surface area contributed by atoms with Gasteiger partial charge in [0.25, 0.3) is 0 Å². The Morgan fingerprint density at radius 3 is 3.00 bits per heavy atom. The van der Waals surface area contributed by atoms with Gasteiger partial charge < -0.3 is 14.7 Å². The zero-order chi connectivity index (χ0) is 9.97. The summed E-state index contributed by atoms with van der Waals surface area (Å²) < 4.78 is 4.95. The van der Waals surface area contributed by atoms with Crippen LogP contribution in [0.15, 0.2) is 0 Å². The van der Waals surface area contributed by atoms with Crippen molar-refractivity contribution in [2.45, 2.75) is 31.8 Å². The van der Waals surface area contributed by atoms with Crippen LogP contribution in [0.25, 0.3) is 0 Å². The number of ether oxygens (including phenoxy) is 1. The average molecular weight is 199 g/mol. The second kappa shape index (κ2) is 4.17. The molecule has 1 N–H and O–H groups in total. The van der Waals surface area contributed by atoms with Crippen molar-refractivity contribution in [2.75, 3.05) is 19.7 Å². The van der Waals surface area contributed by atoms with Gasteiger partial charge >= 0.3 is 6.09 Å². The van der Waals surface area contributed by atoms with E-state index in [0.29, 0.717) is 12.5 Å². The SMILES string of the molecule is O=C1OCCCN1CC1CCC(O)C1. The number of cyclic esters (lactones) is 1. The van der Waals surface area contributed by atoms with E-state index in [1.165, 1.54) is 0 Å². The van der Waals surface area contributed by atoms with Gasteiger partial charge in [-0.2, -0.15) is 0 Å². The molecule has 0 spiro atoms. The smallest absolute Gasteiger partial charge is 0.409 e.